The summed E-state index contributed by atoms with van der Waals surface area (Å²) in [5.41, 5.74) is 0.323. The highest BCUT2D eigenvalue weighted by molar-refractivity contribution is 7.89. The molecule has 0 aliphatic carbocycles. The lowest BCUT2D eigenvalue weighted by Crippen LogP contribution is -2.32. The molecule has 2 rings (SSSR count). The number of sulfonamides is 1. The first-order valence-corrected chi connectivity index (χ1v) is 9.03. The smallest absolute Gasteiger partial charge is 0.337 e. The van der Waals surface area contributed by atoms with Gasteiger partial charge in [0, 0.05) is 24.9 Å². The highest BCUT2D eigenvalue weighted by atomic mass is 32.2. The third-order valence-corrected chi connectivity index (χ3v) is 4.92. The molecule has 128 valence electrons. The van der Waals surface area contributed by atoms with E-state index in [0.29, 0.717) is 12.3 Å². The van der Waals surface area contributed by atoms with Crippen LogP contribution >= 0.6 is 0 Å². The van der Waals surface area contributed by atoms with Crippen LogP contribution < -0.4 is 10.0 Å². The summed E-state index contributed by atoms with van der Waals surface area (Å²) in [6.07, 6.45) is 1.62. The zero-order valence-electron chi connectivity index (χ0n) is 13.2. The molecular weight excluding hydrogens is 320 g/mol. The van der Waals surface area contributed by atoms with E-state index in [9.17, 15) is 18.3 Å². The largest absolute Gasteiger partial charge is 0.478 e. The number of aromatic carboxylic acids is 1. The molecule has 1 saturated heterocycles. The van der Waals surface area contributed by atoms with Gasteiger partial charge in [0.1, 0.15) is 0 Å². The van der Waals surface area contributed by atoms with E-state index >= 15 is 0 Å². The van der Waals surface area contributed by atoms with Crippen molar-refractivity contribution in [3.8, 4) is 0 Å². The third kappa shape index (κ3) is 4.66. The van der Waals surface area contributed by atoms with Crippen LogP contribution in [0.1, 0.15) is 37.0 Å². The molecule has 8 heteroatoms. The zero-order valence-corrected chi connectivity index (χ0v) is 14.0. The number of carboxylic acid groups (broad SMARTS) is 1. The van der Waals surface area contributed by atoms with E-state index < -0.39 is 16.0 Å². The summed E-state index contributed by atoms with van der Waals surface area (Å²) in [5, 5.41) is 12.3. The lowest BCUT2D eigenvalue weighted by molar-refractivity contribution is 0.0697. The average molecular weight is 342 g/mol. The molecule has 0 amide bonds. The molecule has 1 atom stereocenters. The number of hydrogen-bond donors (Lipinski definition) is 3. The van der Waals surface area contributed by atoms with E-state index in [0.717, 1.165) is 12.8 Å². The minimum absolute atomic E-state index is 0.0354. The Hall–Kier alpha value is -1.64. The van der Waals surface area contributed by atoms with Gasteiger partial charge in [-0.15, -0.1) is 0 Å². The van der Waals surface area contributed by atoms with Gasteiger partial charge in [-0.05, 0) is 44.9 Å². The molecule has 1 heterocycles. The van der Waals surface area contributed by atoms with Gasteiger partial charge >= 0.3 is 5.97 Å². The standard InChI is InChI=1S/C15H22N2O5S/c1-10(2)17-14-6-5-12(8-13(14)15(18)19)23(20,21)16-9-11-4-3-7-22-11/h5-6,8,10-11,16-17H,3-4,7,9H2,1-2H3,(H,18,19)/t11-/m1/s1. The monoisotopic (exact) mass is 342 g/mol. The second-order valence-electron chi connectivity index (χ2n) is 5.80. The molecule has 1 aromatic carbocycles. The van der Waals surface area contributed by atoms with Crippen LogP contribution in [-0.2, 0) is 14.8 Å². The second kappa shape index (κ2) is 7.29. The number of carboxylic acids is 1. The lowest BCUT2D eigenvalue weighted by Gasteiger charge is -2.15. The molecule has 0 radical (unpaired) electrons. The number of anilines is 1. The predicted octanol–water partition coefficient (Wildman–Crippen LogP) is 1.66. The van der Waals surface area contributed by atoms with E-state index in [4.69, 9.17) is 4.74 Å². The molecule has 1 fully saturated rings. The predicted molar refractivity (Wildman–Crippen MR) is 86.3 cm³/mol. The van der Waals surface area contributed by atoms with Gasteiger partial charge in [-0.1, -0.05) is 0 Å². The minimum Gasteiger partial charge on any atom is -0.478 e. The summed E-state index contributed by atoms with van der Waals surface area (Å²) < 4.78 is 32.5. The van der Waals surface area contributed by atoms with Crippen LogP contribution in [0.15, 0.2) is 23.1 Å². The first-order chi connectivity index (χ1) is 10.8. The molecule has 0 spiro atoms. The first-order valence-electron chi connectivity index (χ1n) is 7.55. The Bertz CT molecular complexity index is 666. The van der Waals surface area contributed by atoms with E-state index in [1.165, 1.54) is 18.2 Å². The normalized spacial score (nSPS) is 18.3. The second-order valence-corrected chi connectivity index (χ2v) is 7.57. The molecule has 0 aromatic heterocycles. The van der Waals surface area contributed by atoms with Gasteiger partial charge in [0.2, 0.25) is 10.0 Å². The van der Waals surface area contributed by atoms with Gasteiger partial charge in [-0.2, -0.15) is 0 Å². The average Bonchev–Trinajstić information content (AvgIpc) is 2.98. The summed E-state index contributed by atoms with van der Waals surface area (Å²) in [6.45, 7) is 4.58. The number of rotatable bonds is 7. The van der Waals surface area contributed by atoms with Crippen molar-refractivity contribution in [3.05, 3.63) is 23.8 Å². The van der Waals surface area contributed by atoms with Crippen LogP contribution in [-0.4, -0.2) is 44.8 Å². The summed E-state index contributed by atoms with van der Waals surface area (Å²) in [4.78, 5) is 11.3. The van der Waals surface area contributed by atoms with Gasteiger partial charge in [-0.3, -0.25) is 0 Å². The Kier molecular flexibility index (Phi) is 5.61. The van der Waals surface area contributed by atoms with Crippen molar-refractivity contribution in [2.75, 3.05) is 18.5 Å². The fourth-order valence-electron chi connectivity index (χ4n) is 2.40. The van der Waals surface area contributed by atoms with Crippen LogP contribution in [0.5, 0.6) is 0 Å². The van der Waals surface area contributed by atoms with Gasteiger partial charge < -0.3 is 15.2 Å². The molecule has 1 aliphatic rings. The molecule has 0 saturated carbocycles. The zero-order chi connectivity index (χ0) is 17.0. The third-order valence-electron chi connectivity index (χ3n) is 3.50. The molecule has 1 aromatic rings. The molecule has 0 bridgehead atoms. The van der Waals surface area contributed by atoms with Gasteiger partial charge in [0.05, 0.1) is 16.6 Å². The van der Waals surface area contributed by atoms with E-state index in [-0.39, 0.29) is 29.1 Å². The van der Waals surface area contributed by atoms with Crippen LogP contribution in [0, 0.1) is 0 Å². The van der Waals surface area contributed by atoms with Crippen LogP contribution in [0.4, 0.5) is 5.69 Å². The van der Waals surface area contributed by atoms with Gasteiger partial charge in [0.15, 0.2) is 0 Å². The summed E-state index contributed by atoms with van der Waals surface area (Å²) in [7, 11) is -3.77. The topological polar surface area (TPSA) is 105 Å². The van der Waals surface area contributed by atoms with E-state index in [2.05, 4.69) is 10.0 Å². The van der Waals surface area contributed by atoms with E-state index in [1.807, 2.05) is 13.8 Å². The SMILES string of the molecule is CC(C)Nc1ccc(S(=O)(=O)NC[C@H]2CCCO2)cc1C(=O)O. The molecule has 0 unspecified atom stereocenters. The Morgan fingerprint density at radius 3 is 2.74 bits per heavy atom. The lowest BCUT2D eigenvalue weighted by atomic mass is 10.1. The summed E-state index contributed by atoms with van der Waals surface area (Å²) >= 11 is 0. The summed E-state index contributed by atoms with van der Waals surface area (Å²) in [5.74, 6) is -1.18. The van der Waals surface area contributed by atoms with Crippen molar-refractivity contribution >= 4 is 21.7 Å². The van der Waals surface area contributed by atoms with Crippen molar-refractivity contribution in [2.24, 2.45) is 0 Å². The number of carbonyl (C=O) groups is 1. The van der Waals surface area contributed by atoms with Crippen molar-refractivity contribution in [1.82, 2.24) is 4.72 Å². The molecular formula is C15H22N2O5S. The van der Waals surface area contributed by atoms with Gasteiger partial charge in [-0.25, -0.2) is 17.9 Å². The van der Waals surface area contributed by atoms with Crippen molar-refractivity contribution in [1.29, 1.82) is 0 Å². The Labute approximate surface area is 136 Å². The molecule has 1 aliphatic heterocycles. The number of ether oxygens (including phenoxy) is 1. The Morgan fingerprint density at radius 1 is 1.43 bits per heavy atom. The molecule has 3 N–H and O–H groups in total. The molecule has 23 heavy (non-hydrogen) atoms. The number of nitrogens with one attached hydrogen (secondary N) is 2. The maximum absolute atomic E-state index is 12.3. The minimum atomic E-state index is -3.77. The van der Waals surface area contributed by atoms with Gasteiger partial charge in [0.25, 0.3) is 0 Å². The fourth-order valence-corrected chi connectivity index (χ4v) is 3.49. The number of hydrogen-bond acceptors (Lipinski definition) is 5. The van der Waals surface area contributed by atoms with Crippen LogP contribution in [0.2, 0.25) is 0 Å². The first kappa shape index (κ1) is 17.7. The Balaban J connectivity index is 2.20. The van der Waals surface area contributed by atoms with Crippen molar-refractivity contribution in [3.63, 3.8) is 0 Å². The van der Waals surface area contributed by atoms with Crippen molar-refractivity contribution < 1.29 is 23.1 Å². The maximum Gasteiger partial charge on any atom is 0.337 e. The van der Waals surface area contributed by atoms with Crippen LogP contribution in [0.25, 0.3) is 0 Å². The summed E-state index contributed by atoms with van der Waals surface area (Å²) in [6, 6.07) is 4.08. The van der Waals surface area contributed by atoms with E-state index in [1.54, 1.807) is 0 Å². The highest BCUT2D eigenvalue weighted by Gasteiger charge is 2.22. The molecule has 7 nitrogen and oxygen atoms in total. The Morgan fingerprint density at radius 2 is 2.17 bits per heavy atom. The quantitative estimate of drug-likeness (QED) is 0.696. The highest BCUT2D eigenvalue weighted by Crippen LogP contribution is 2.22. The van der Waals surface area contributed by atoms with Crippen molar-refractivity contribution in [2.45, 2.75) is 43.7 Å². The number of benzene rings is 1. The fraction of sp³-hybridized carbons (Fsp3) is 0.533. The van der Waals surface area contributed by atoms with Crippen LogP contribution in [0.3, 0.4) is 0 Å². The maximum atomic E-state index is 12.3.